The van der Waals surface area contributed by atoms with Gasteiger partial charge in [0.25, 0.3) is 0 Å². The number of hydrogen-bond acceptors (Lipinski definition) is 1. The SMILES string of the molecule is [C-]#[N+]CC1(C(C)(C)C)CCN(Cc2ccc(-c3ccccc3F)cc2)CC1. The number of halogens is 1. The van der Waals surface area contributed by atoms with Crippen molar-refractivity contribution in [1.82, 2.24) is 4.90 Å². The molecule has 1 fully saturated rings. The van der Waals surface area contributed by atoms with Gasteiger partial charge in [-0.3, -0.25) is 4.90 Å². The van der Waals surface area contributed by atoms with Gasteiger partial charge >= 0.3 is 0 Å². The summed E-state index contributed by atoms with van der Waals surface area (Å²) in [4.78, 5) is 6.23. The third-order valence-corrected chi connectivity index (χ3v) is 6.33. The molecule has 0 saturated carbocycles. The standard InChI is InChI=1S/C24H29FN2/c1-23(2,3)24(18-26-4)13-15-27(16-14-24)17-19-9-11-20(12-10-19)21-7-5-6-8-22(21)25/h5-12H,13-18H2,1-3H3. The normalized spacial score (nSPS) is 17.4. The molecule has 1 saturated heterocycles. The first-order valence-electron chi connectivity index (χ1n) is 9.74. The molecule has 142 valence electrons. The van der Waals surface area contributed by atoms with E-state index in [-0.39, 0.29) is 16.6 Å². The van der Waals surface area contributed by atoms with Crippen molar-refractivity contribution >= 4 is 0 Å². The predicted octanol–water partition coefficient (Wildman–Crippen LogP) is 6.04. The second-order valence-electron chi connectivity index (χ2n) is 8.80. The minimum atomic E-state index is -0.181. The van der Waals surface area contributed by atoms with Crippen LogP contribution in [0.25, 0.3) is 16.0 Å². The molecule has 0 aromatic heterocycles. The zero-order chi connectivity index (χ0) is 19.5. The Morgan fingerprint density at radius 2 is 1.67 bits per heavy atom. The fourth-order valence-electron chi connectivity index (χ4n) is 4.18. The Balaban J connectivity index is 1.64. The second-order valence-corrected chi connectivity index (χ2v) is 8.80. The summed E-state index contributed by atoms with van der Waals surface area (Å²) in [6.07, 6.45) is 2.15. The molecular formula is C24H29FN2. The van der Waals surface area contributed by atoms with Crippen molar-refractivity contribution in [2.45, 2.75) is 40.2 Å². The van der Waals surface area contributed by atoms with Crippen molar-refractivity contribution in [2.24, 2.45) is 10.8 Å². The molecule has 1 aliphatic rings. The molecule has 27 heavy (non-hydrogen) atoms. The number of hydrogen-bond donors (Lipinski definition) is 0. The van der Waals surface area contributed by atoms with Gasteiger partial charge in [0.2, 0.25) is 6.54 Å². The first-order valence-corrected chi connectivity index (χ1v) is 9.74. The van der Waals surface area contributed by atoms with Gasteiger partial charge in [0.1, 0.15) is 5.82 Å². The maximum Gasteiger partial charge on any atom is 0.220 e. The Labute approximate surface area is 162 Å². The summed E-state index contributed by atoms with van der Waals surface area (Å²) in [5, 5.41) is 0. The molecular weight excluding hydrogens is 335 g/mol. The lowest BCUT2D eigenvalue weighted by Gasteiger charge is -2.46. The summed E-state index contributed by atoms with van der Waals surface area (Å²) in [6, 6.07) is 15.1. The molecule has 1 heterocycles. The molecule has 0 atom stereocenters. The van der Waals surface area contributed by atoms with Gasteiger partial charge in [0, 0.05) is 17.5 Å². The molecule has 2 aromatic carbocycles. The van der Waals surface area contributed by atoms with Gasteiger partial charge in [-0.05, 0) is 48.5 Å². The van der Waals surface area contributed by atoms with Crippen molar-refractivity contribution in [3.05, 3.63) is 71.3 Å². The lowest BCUT2D eigenvalue weighted by molar-refractivity contribution is 0.0173. The summed E-state index contributed by atoms with van der Waals surface area (Å²) in [5.74, 6) is -0.181. The van der Waals surface area contributed by atoms with Crippen molar-refractivity contribution < 1.29 is 4.39 Å². The number of rotatable bonds is 4. The van der Waals surface area contributed by atoms with Crippen LogP contribution in [0, 0.1) is 23.2 Å². The molecule has 0 radical (unpaired) electrons. The van der Waals surface area contributed by atoms with Gasteiger partial charge in [-0.1, -0.05) is 63.2 Å². The van der Waals surface area contributed by atoms with Crippen molar-refractivity contribution in [2.75, 3.05) is 19.6 Å². The first-order chi connectivity index (χ1) is 12.8. The third-order valence-electron chi connectivity index (χ3n) is 6.33. The largest absolute Gasteiger partial charge is 0.316 e. The van der Waals surface area contributed by atoms with Crippen LogP contribution in [0.3, 0.4) is 0 Å². The summed E-state index contributed by atoms with van der Waals surface area (Å²) in [7, 11) is 0. The highest BCUT2D eigenvalue weighted by Gasteiger charge is 2.46. The van der Waals surface area contributed by atoms with Gasteiger partial charge in [-0.15, -0.1) is 0 Å². The predicted molar refractivity (Wildman–Crippen MR) is 110 cm³/mol. The van der Waals surface area contributed by atoms with E-state index >= 15 is 0 Å². The average molecular weight is 365 g/mol. The van der Waals surface area contributed by atoms with E-state index in [1.165, 1.54) is 11.6 Å². The fraction of sp³-hybridized carbons (Fsp3) is 0.458. The van der Waals surface area contributed by atoms with E-state index in [1.807, 2.05) is 24.3 Å². The number of benzene rings is 2. The zero-order valence-corrected chi connectivity index (χ0v) is 16.6. The van der Waals surface area contributed by atoms with Crippen LogP contribution < -0.4 is 0 Å². The van der Waals surface area contributed by atoms with Crippen LogP contribution in [0.4, 0.5) is 4.39 Å². The van der Waals surface area contributed by atoms with Gasteiger partial charge in [0.15, 0.2) is 0 Å². The molecule has 3 heteroatoms. The van der Waals surface area contributed by atoms with Crippen molar-refractivity contribution in [3.63, 3.8) is 0 Å². The Kier molecular flexibility index (Phi) is 5.67. The average Bonchev–Trinajstić information content (AvgIpc) is 2.64. The molecule has 1 aliphatic heterocycles. The topological polar surface area (TPSA) is 7.60 Å². The molecule has 0 aliphatic carbocycles. The van der Waals surface area contributed by atoms with E-state index in [0.717, 1.165) is 38.0 Å². The monoisotopic (exact) mass is 364 g/mol. The van der Waals surface area contributed by atoms with Crippen LogP contribution in [0.1, 0.15) is 39.2 Å². The number of piperidine rings is 1. The molecule has 0 spiro atoms. The van der Waals surface area contributed by atoms with E-state index in [0.29, 0.717) is 12.1 Å². The molecule has 0 bridgehead atoms. The van der Waals surface area contributed by atoms with Crippen molar-refractivity contribution in [3.8, 4) is 11.1 Å². The Morgan fingerprint density at radius 1 is 1.04 bits per heavy atom. The van der Waals surface area contributed by atoms with Gasteiger partial charge in [-0.25, -0.2) is 11.0 Å². The highest BCUT2D eigenvalue weighted by atomic mass is 19.1. The van der Waals surface area contributed by atoms with Crippen LogP contribution in [-0.4, -0.2) is 24.5 Å². The second kappa shape index (κ2) is 7.82. The lowest BCUT2D eigenvalue weighted by Crippen LogP contribution is -2.47. The molecule has 3 rings (SSSR count). The summed E-state index contributed by atoms with van der Waals surface area (Å²) in [6.45, 7) is 17.8. The van der Waals surface area contributed by atoms with E-state index in [1.54, 1.807) is 6.07 Å². The molecule has 2 nitrogen and oxygen atoms in total. The minimum absolute atomic E-state index is 0.125. The number of likely N-dealkylation sites (tertiary alicyclic amines) is 1. The maximum atomic E-state index is 14.0. The highest BCUT2D eigenvalue weighted by Crippen LogP contribution is 2.47. The van der Waals surface area contributed by atoms with E-state index in [4.69, 9.17) is 6.57 Å². The summed E-state index contributed by atoms with van der Waals surface area (Å²) in [5.41, 5.74) is 3.10. The van der Waals surface area contributed by atoms with Crippen LogP contribution in [-0.2, 0) is 6.54 Å². The van der Waals surface area contributed by atoms with Gasteiger partial charge in [0.05, 0.1) is 0 Å². The third kappa shape index (κ3) is 4.22. The lowest BCUT2D eigenvalue weighted by atomic mass is 9.61. The van der Waals surface area contributed by atoms with Crippen LogP contribution in [0.2, 0.25) is 0 Å². The Morgan fingerprint density at radius 3 is 2.22 bits per heavy atom. The van der Waals surface area contributed by atoms with Gasteiger partial charge in [-0.2, -0.15) is 0 Å². The highest BCUT2D eigenvalue weighted by molar-refractivity contribution is 5.64. The number of nitrogens with zero attached hydrogens (tertiary/aromatic N) is 2. The maximum absolute atomic E-state index is 14.0. The van der Waals surface area contributed by atoms with Crippen molar-refractivity contribution in [1.29, 1.82) is 0 Å². The summed E-state index contributed by atoms with van der Waals surface area (Å²) < 4.78 is 14.0. The fourth-order valence-corrected chi connectivity index (χ4v) is 4.18. The smallest absolute Gasteiger partial charge is 0.220 e. The van der Waals surface area contributed by atoms with E-state index in [9.17, 15) is 4.39 Å². The summed E-state index contributed by atoms with van der Waals surface area (Å²) >= 11 is 0. The molecule has 0 N–H and O–H groups in total. The first kappa shape index (κ1) is 19.6. The van der Waals surface area contributed by atoms with Crippen LogP contribution in [0.15, 0.2) is 48.5 Å². The molecule has 0 amide bonds. The van der Waals surface area contributed by atoms with Crippen LogP contribution in [0.5, 0.6) is 0 Å². The molecule has 0 unspecified atom stereocenters. The quantitative estimate of drug-likeness (QED) is 0.600. The van der Waals surface area contributed by atoms with E-state index in [2.05, 4.69) is 42.6 Å². The van der Waals surface area contributed by atoms with Gasteiger partial charge < -0.3 is 4.85 Å². The minimum Gasteiger partial charge on any atom is -0.316 e. The van der Waals surface area contributed by atoms with E-state index < -0.39 is 0 Å². The molecule has 2 aromatic rings. The zero-order valence-electron chi connectivity index (χ0n) is 16.6. The Hall–Kier alpha value is -2.18. The van der Waals surface area contributed by atoms with Crippen LogP contribution >= 0.6 is 0 Å². The Bertz CT molecular complexity index is 804.